The highest BCUT2D eigenvalue weighted by Gasteiger charge is 2.25. The molecule has 132 valence electrons. The van der Waals surface area contributed by atoms with Crippen molar-refractivity contribution in [2.75, 3.05) is 0 Å². The van der Waals surface area contributed by atoms with E-state index < -0.39 is 0 Å². The van der Waals surface area contributed by atoms with Gasteiger partial charge in [0.25, 0.3) is 0 Å². The Morgan fingerprint density at radius 2 is 1.80 bits per heavy atom. The van der Waals surface area contributed by atoms with Crippen LogP contribution in [0, 0.1) is 5.92 Å². The van der Waals surface area contributed by atoms with Gasteiger partial charge in [-0.1, -0.05) is 61.0 Å². The Kier molecular flexibility index (Phi) is 5.87. The summed E-state index contributed by atoms with van der Waals surface area (Å²) in [7, 11) is 0. The van der Waals surface area contributed by atoms with Crippen molar-refractivity contribution < 1.29 is 14.6 Å². The van der Waals surface area contributed by atoms with E-state index in [1.807, 2.05) is 49.4 Å². The molecule has 0 radical (unpaired) electrons. The van der Waals surface area contributed by atoms with Crippen molar-refractivity contribution in [3.63, 3.8) is 0 Å². The number of hydrogen-bond acceptors (Lipinski definition) is 3. The van der Waals surface area contributed by atoms with E-state index >= 15 is 0 Å². The molecule has 0 unspecified atom stereocenters. The average molecular weight is 338 g/mol. The molecule has 2 aromatic carbocycles. The van der Waals surface area contributed by atoms with E-state index in [1.165, 1.54) is 5.56 Å². The minimum Gasteiger partial charge on any atom is -0.460 e. The van der Waals surface area contributed by atoms with E-state index in [0.717, 1.165) is 36.8 Å². The topological polar surface area (TPSA) is 46.5 Å². The number of hydrogen-bond donors (Lipinski definition) is 1. The van der Waals surface area contributed by atoms with Crippen molar-refractivity contribution in [3.8, 4) is 0 Å². The predicted molar refractivity (Wildman–Crippen MR) is 98.1 cm³/mol. The Bertz CT molecular complexity index is 678. The van der Waals surface area contributed by atoms with E-state index in [2.05, 4.69) is 12.1 Å². The molecular formula is C22H26O3. The molecule has 1 fully saturated rings. The lowest BCUT2D eigenvalue weighted by molar-refractivity contribution is -0.146. The fourth-order valence-corrected chi connectivity index (χ4v) is 3.49. The Labute approximate surface area is 149 Å². The first kappa shape index (κ1) is 17.7. The molecule has 0 heterocycles. The Hall–Kier alpha value is -2.13. The van der Waals surface area contributed by atoms with Crippen LogP contribution in [0.15, 0.2) is 54.6 Å². The summed E-state index contributed by atoms with van der Waals surface area (Å²) in [6.45, 7) is 2.19. The van der Waals surface area contributed by atoms with Gasteiger partial charge in [-0.2, -0.15) is 0 Å². The first-order valence-electron chi connectivity index (χ1n) is 9.11. The van der Waals surface area contributed by atoms with Gasteiger partial charge in [0.05, 0.1) is 12.0 Å². The third-order valence-corrected chi connectivity index (χ3v) is 5.17. The van der Waals surface area contributed by atoms with Crippen LogP contribution in [-0.4, -0.2) is 17.2 Å². The van der Waals surface area contributed by atoms with Crippen LogP contribution in [0.25, 0.3) is 0 Å². The van der Waals surface area contributed by atoms with Crippen molar-refractivity contribution in [2.24, 2.45) is 5.92 Å². The summed E-state index contributed by atoms with van der Waals surface area (Å²) in [5.74, 6) is -0.114. The summed E-state index contributed by atoms with van der Waals surface area (Å²) < 4.78 is 5.42. The van der Waals surface area contributed by atoms with Crippen LogP contribution in [0.1, 0.15) is 48.8 Å². The van der Waals surface area contributed by atoms with Crippen LogP contribution >= 0.6 is 0 Å². The fraction of sp³-hybridized carbons (Fsp3) is 0.409. The van der Waals surface area contributed by atoms with Gasteiger partial charge in [-0.25, -0.2) is 0 Å². The molecule has 1 N–H and O–H groups in total. The molecule has 0 amide bonds. The number of aliphatic hydroxyl groups excluding tert-OH is 1. The van der Waals surface area contributed by atoms with Crippen LogP contribution in [0.2, 0.25) is 0 Å². The molecule has 0 aromatic heterocycles. The zero-order chi connectivity index (χ0) is 17.6. The van der Waals surface area contributed by atoms with E-state index in [0.29, 0.717) is 12.5 Å². The SMILES string of the molecule is C[C@H](C(=O)OCc1ccccc1)c1ccc(C[C@H]2CCC[C@@H]2O)cc1. The first-order valence-corrected chi connectivity index (χ1v) is 9.11. The molecule has 1 aliphatic rings. The van der Waals surface area contributed by atoms with E-state index in [9.17, 15) is 9.90 Å². The molecule has 0 spiro atoms. The van der Waals surface area contributed by atoms with Gasteiger partial charge in [0.15, 0.2) is 0 Å². The number of carbonyl (C=O) groups excluding carboxylic acids is 1. The molecule has 3 rings (SSSR count). The van der Waals surface area contributed by atoms with E-state index in [-0.39, 0.29) is 18.0 Å². The van der Waals surface area contributed by atoms with Crippen LogP contribution in [-0.2, 0) is 22.6 Å². The monoisotopic (exact) mass is 338 g/mol. The zero-order valence-electron chi connectivity index (χ0n) is 14.7. The van der Waals surface area contributed by atoms with Crippen LogP contribution < -0.4 is 0 Å². The van der Waals surface area contributed by atoms with Gasteiger partial charge in [-0.05, 0) is 48.8 Å². The summed E-state index contributed by atoms with van der Waals surface area (Å²) in [4.78, 5) is 12.3. The lowest BCUT2D eigenvalue weighted by Gasteiger charge is -2.16. The molecule has 0 saturated heterocycles. The molecule has 3 heteroatoms. The third-order valence-electron chi connectivity index (χ3n) is 5.17. The molecule has 0 bridgehead atoms. The minimum absolute atomic E-state index is 0.161. The Morgan fingerprint density at radius 1 is 1.08 bits per heavy atom. The fourth-order valence-electron chi connectivity index (χ4n) is 3.49. The van der Waals surface area contributed by atoms with Gasteiger partial charge < -0.3 is 9.84 Å². The molecule has 0 aliphatic heterocycles. The molecule has 2 aromatic rings. The standard InChI is InChI=1S/C22H26O3/c1-16(22(24)25-15-18-6-3-2-4-7-18)19-12-10-17(11-13-19)14-20-8-5-9-21(20)23/h2-4,6-7,10-13,16,20-21,23H,5,8-9,14-15H2,1H3/t16-,20+,21-/m0/s1. The van der Waals surface area contributed by atoms with Gasteiger partial charge in [0, 0.05) is 0 Å². The van der Waals surface area contributed by atoms with E-state index in [1.54, 1.807) is 0 Å². The second kappa shape index (κ2) is 8.30. The number of esters is 1. The van der Waals surface area contributed by atoms with Crippen molar-refractivity contribution >= 4 is 5.97 Å². The smallest absolute Gasteiger partial charge is 0.313 e. The number of benzene rings is 2. The third kappa shape index (κ3) is 4.70. The number of aliphatic hydroxyl groups is 1. The first-order chi connectivity index (χ1) is 12.1. The Balaban J connectivity index is 1.54. The quantitative estimate of drug-likeness (QED) is 0.802. The average Bonchev–Trinajstić information content (AvgIpc) is 3.05. The van der Waals surface area contributed by atoms with Crippen LogP contribution in [0.5, 0.6) is 0 Å². The van der Waals surface area contributed by atoms with Gasteiger partial charge in [0.2, 0.25) is 0 Å². The van der Waals surface area contributed by atoms with Gasteiger partial charge in [-0.15, -0.1) is 0 Å². The summed E-state index contributed by atoms with van der Waals surface area (Å²) in [6, 6.07) is 17.9. The van der Waals surface area contributed by atoms with Gasteiger partial charge in [-0.3, -0.25) is 4.79 Å². The predicted octanol–water partition coefficient (Wildman–Crippen LogP) is 4.24. The highest BCUT2D eigenvalue weighted by molar-refractivity contribution is 5.77. The maximum Gasteiger partial charge on any atom is 0.313 e. The lowest BCUT2D eigenvalue weighted by atomic mass is 9.93. The normalized spacial score (nSPS) is 21.0. The second-order valence-electron chi connectivity index (χ2n) is 7.02. The van der Waals surface area contributed by atoms with Crippen LogP contribution in [0.3, 0.4) is 0 Å². The number of carbonyl (C=O) groups is 1. The summed E-state index contributed by atoms with van der Waals surface area (Å²) in [5, 5.41) is 9.96. The largest absolute Gasteiger partial charge is 0.460 e. The molecule has 3 atom stereocenters. The lowest BCUT2D eigenvalue weighted by Crippen LogP contribution is -2.16. The Morgan fingerprint density at radius 3 is 2.44 bits per heavy atom. The van der Waals surface area contributed by atoms with Crippen LogP contribution in [0.4, 0.5) is 0 Å². The highest BCUT2D eigenvalue weighted by Crippen LogP contribution is 2.29. The molecule has 3 nitrogen and oxygen atoms in total. The minimum atomic E-state index is -0.283. The van der Waals surface area contributed by atoms with Crippen molar-refractivity contribution in [1.82, 2.24) is 0 Å². The molecular weight excluding hydrogens is 312 g/mol. The highest BCUT2D eigenvalue weighted by atomic mass is 16.5. The summed E-state index contributed by atoms with van der Waals surface area (Å²) in [6.07, 6.45) is 3.90. The van der Waals surface area contributed by atoms with Crippen molar-refractivity contribution in [2.45, 2.75) is 51.2 Å². The summed E-state index contributed by atoms with van der Waals surface area (Å²) >= 11 is 0. The molecule has 1 aliphatic carbocycles. The van der Waals surface area contributed by atoms with E-state index in [4.69, 9.17) is 4.74 Å². The maximum absolute atomic E-state index is 12.3. The summed E-state index contributed by atoms with van der Waals surface area (Å²) in [5.41, 5.74) is 3.18. The van der Waals surface area contributed by atoms with Gasteiger partial charge >= 0.3 is 5.97 Å². The maximum atomic E-state index is 12.3. The molecule has 25 heavy (non-hydrogen) atoms. The van der Waals surface area contributed by atoms with Crippen molar-refractivity contribution in [3.05, 3.63) is 71.3 Å². The number of rotatable bonds is 6. The number of ether oxygens (including phenoxy) is 1. The van der Waals surface area contributed by atoms with Gasteiger partial charge in [0.1, 0.15) is 6.61 Å². The van der Waals surface area contributed by atoms with Crippen molar-refractivity contribution in [1.29, 1.82) is 0 Å². The second-order valence-corrected chi connectivity index (χ2v) is 7.02. The zero-order valence-corrected chi connectivity index (χ0v) is 14.7. The molecule has 1 saturated carbocycles.